The quantitative estimate of drug-likeness (QED) is 0.593. The van der Waals surface area contributed by atoms with E-state index in [-0.39, 0.29) is 6.10 Å². The average molecular weight is 371 g/mol. The number of hydrogen-bond acceptors (Lipinski definition) is 6. The van der Waals surface area contributed by atoms with Crippen LogP contribution in [0.25, 0.3) is 0 Å². The molecule has 7 heteroatoms. The molecule has 3 rings (SSSR count). The minimum atomic E-state index is -1.44. The third-order valence-corrected chi connectivity index (χ3v) is 5.29. The lowest BCUT2D eigenvalue weighted by Crippen LogP contribution is -2.45. The molecule has 0 aromatic carbocycles. The SMILES string of the molecule is CC1(C)O[C@H]2O[C@H]([C@@H]3OC(C)(C)O[C@H]3CC#C[Si](C)(C)C)[C@H](O)[C@H]2O1. The van der Waals surface area contributed by atoms with E-state index in [0.717, 1.165) is 0 Å². The van der Waals surface area contributed by atoms with Crippen molar-refractivity contribution in [3.63, 3.8) is 0 Å². The summed E-state index contributed by atoms with van der Waals surface area (Å²) in [7, 11) is -1.44. The number of aliphatic hydroxyl groups excluding tert-OH is 1. The van der Waals surface area contributed by atoms with Crippen LogP contribution in [0.3, 0.4) is 0 Å². The molecule has 0 bridgehead atoms. The highest BCUT2D eigenvalue weighted by Crippen LogP contribution is 2.42. The van der Waals surface area contributed by atoms with Crippen LogP contribution in [-0.4, -0.2) is 61.6 Å². The molecule has 142 valence electrons. The summed E-state index contributed by atoms with van der Waals surface area (Å²) in [5.41, 5.74) is 3.35. The number of hydrogen-bond donors (Lipinski definition) is 1. The van der Waals surface area contributed by atoms with E-state index in [1.165, 1.54) is 0 Å². The zero-order valence-electron chi connectivity index (χ0n) is 16.2. The summed E-state index contributed by atoms with van der Waals surface area (Å²) in [5, 5.41) is 10.7. The highest BCUT2D eigenvalue weighted by Gasteiger charge is 2.59. The van der Waals surface area contributed by atoms with Crippen LogP contribution in [0.5, 0.6) is 0 Å². The molecule has 25 heavy (non-hydrogen) atoms. The Bertz CT molecular complexity index is 572. The fourth-order valence-corrected chi connectivity index (χ4v) is 4.14. The standard InChI is InChI=1S/C18H30O6Si/c1-17(2)21-11(9-8-10-25(5,6)7)13(22-17)14-12(19)15-16(20-14)24-18(3,4)23-15/h11-16,19H,9H2,1-7H3/t11-,12-,13+,14-,15+,16+/m0/s1. The van der Waals surface area contributed by atoms with Crippen molar-refractivity contribution < 1.29 is 28.8 Å². The molecule has 1 N–H and O–H groups in total. The first kappa shape index (κ1) is 19.3. The zero-order valence-corrected chi connectivity index (χ0v) is 17.2. The third-order valence-electron chi connectivity index (χ3n) is 4.36. The second kappa shape index (κ2) is 6.31. The fourth-order valence-electron chi connectivity index (χ4n) is 3.50. The molecule has 3 fully saturated rings. The lowest BCUT2D eigenvalue weighted by Gasteiger charge is -2.27. The Kier molecular flexibility index (Phi) is 4.87. The van der Waals surface area contributed by atoms with Gasteiger partial charge in [0.05, 0.1) is 0 Å². The molecule has 0 aromatic heterocycles. The van der Waals surface area contributed by atoms with Crippen molar-refractivity contribution in [1.29, 1.82) is 0 Å². The molecule has 3 saturated heterocycles. The highest BCUT2D eigenvalue weighted by atomic mass is 28.3. The first-order valence-corrected chi connectivity index (χ1v) is 12.4. The van der Waals surface area contributed by atoms with E-state index in [4.69, 9.17) is 23.7 Å². The molecular weight excluding hydrogens is 340 g/mol. The molecular formula is C18H30O6Si. The van der Waals surface area contributed by atoms with Crippen LogP contribution in [0, 0.1) is 11.5 Å². The Labute approximate surface area is 151 Å². The van der Waals surface area contributed by atoms with Crippen molar-refractivity contribution >= 4 is 8.07 Å². The molecule has 3 aliphatic heterocycles. The smallest absolute Gasteiger partial charge is 0.190 e. The normalized spacial score (nSPS) is 42.1. The van der Waals surface area contributed by atoms with Gasteiger partial charge in [0.1, 0.15) is 38.6 Å². The van der Waals surface area contributed by atoms with Crippen LogP contribution >= 0.6 is 0 Å². The van der Waals surface area contributed by atoms with Gasteiger partial charge in [-0.15, -0.1) is 11.5 Å². The van der Waals surface area contributed by atoms with Gasteiger partial charge in [0.25, 0.3) is 0 Å². The van der Waals surface area contributed by atoms with Crippen molar-refractivity contribution in [2.24, 2.45) is 0 Å². The summed E-state index contributed by atoms with van der Waals surface area (Å²) in [6.07, 6.45) is -2.62. The summed E-state index contributed by atoms with van der Waals surface area (Å²) >= 11 is 0. The summed E-state index contributed by atoms with van der Waals surface area (Å²) in [5.74, 6) is 1.75. The molecule has 0 radical (unpaired) electrons. The Balaban J connectivity index is 1.72. The first-order valence-electron chi connectivity index (χ1n) is 8.92. The number of aliphatic hydroxyl groups is 1. The lowest BCUT2D eigenvalue weighted by molar-refractivity contribution is -0.232. The Morgan fingerprint density at radius 2 is 1.48 bits per heavy atom. The maximum absolute atomic E-state index is 10.7. The lowest BCUT2D eigenvalue weighted by atomic mass is 10.00. The molecule has 6 nitrogen and oxygen atoms in total. The van der Waals surface area contributed by atoms with E-state index in [1.807, 2.05) is 27.7 Å². The number of rotatable bonds is 2. The largest absolute Gasteiger partial charge is 0.387 e. The Morgan fingerprint density at radius 3 is 2.08 bits per heavy atom. The predicted octanol–water partition coefficient (Wildman–Crippen LogP) is 2.01. The van der Waals surface area contributed by atoms with Gasteiger partial charge in [-0.05, 0) is 27.7 Å². The molecule has 0 spiro atoms. The Morgan fingerprint density at radius 1 is 0.880 bits per heavy atom. The summed E-state index contributed by atoms with van der Waals surface area (Å²) in [6, 6.07) is 0. The van der Waals surface area contributed by atoms with Crippen molar-refractivity contribution in [2.45, 2.75) is 102 Å². The van der Waals surface area contributed by atoms with E-state index in [9.17, 15) is 5.11 Å². The van der Waals surface area contributed by atoms with Gasteiger partial charge in [-0.3, -0.25) is 0 Å². The van der Waals surface area contributed by atoms with Crippen LogP contribution in [0.15, 0.2) is 0 Å². The molecule has 3 heterocycles. The van der Waals surface area contributed by atoms with Gasteiger partial charge in [0.15, 0.2) is 17.9 Å². The Hall–Kier alpha value is -0.463. The topological polar surface area (TPSA) is 66.4 Å². The van der Waals surface area contributed by atoms with Gasteiger partial charge in [-0.25, -0.2) is 0 Å². The molecule has 0 saturated carbocycles. The predicted molar refractivity (Wildman–Crippen MR) is 94.3 cm³/mol. The van der Waals surface area contributed by atoms with Gasteiger partial charge in [0, 0.05) is 6.42 Å². The second-order valence-electron chi connectivity index (χ2n) is 8.95. The zero-order chi connectivity index (χ0) is 18.6. The van der Waals surface area contributed by atoms with Gasteiger partial charge in [0.2, 0.25) is 0 Å². The van der Waals surface area contributed by atoms with Gasteiger partial charge >= 0.3 is 0 Å². The van der Waals surface area contributed by atoms with Crippen molar-refractivity contribution in [3.8, 4) is 11.5 Å². The van der Waals surface area contributed by atoms with Crippen molar-refractivity contribution in [2.75, 3.05) is 0 Å². The summed E-state index contributed by atoms with van der Waals surface area (Å²) in [6.45, 7) is 14.0. The minimum Gasteiger partial charge on any atom is -0.387 e. The van der Waals surface area contributed by atoms with Gasteiger partial charge in [-0.2, -0.15) is 0 Å². The van der Waals surface area contributed by atoms with Crippen molar-refractivity contribution in [3.05, 3.63) is 0 Å². The van der Waals surface area contributed by atoms with Gasteiger partial charge < -0.3 is 28.8 Å². The maximum atomic E-state index is 10.7. The van der Waals surface area contributed by atoms with E-state index in [1.54, 1.807) is 0 Å². The molecule has 0 amide bonds. The van der Waals surface area contributed by atoms with Crippen LogP contribution in [0.4, 0.5) is 0 Å². The minimum absolute atomic E-state index is 0.259. The second-order valence-corrected chi connectivity index (χ2v) is 13.7. The van der Waals surface area contributed by atoms with E-state index >= 15 is 0 Å². The third kappa shape index (κ3) is 4.27. The van der Waals surface area contributed by atoms with E-state index in [2.05, 4.69) is 31.1 Å². The molecule has 0 unspecified atom stereocenters. The van der Waals surface area contributed by atoms with Crippen LogP contribution in [0.1, 0.15) is 34.1 Å². The first-order chi connectivity index (χ1) is 11.4. The fraction of sp³-hybridized carbons (Fsp3) is 0.889. The summed E-state index contributed by atoms with van der Waals surface area (Å²) < 4.78 is 29.5. The van der Waals surface area contributed by atoms with Crippen molar-refractivity contribution in [1.82, 2.24) is 0 Å². The summed E-state index contributed by atoms with van der Waals surface area (Å²) in [4.78, 5) is 0. The molecule has 0 aliphatic carbocycles. The number of ether oxygens (including phenoxy) is 5. The average Bonchev–Trinajstić information content (AvgIpc) is 2.98. The molecule has 0 aromatic rings. The molecule has 3 aliphatic rings. The van der Waals surface area contributed by atoms with E-state index < -0.39 is 50.4 Å². The van der Waals surface area contributed by atoms with Gasteiger partial charge in [-0.1, -0.05) is 19.6 Å². The number of fused-ring (bicyclic) bond motifs is 1. The van der Waals surface area contributed by atoms with Crippen LogP contribution in [-0.2, 0) is 23.7 Å². The van der Waals surface area contributed by atoms with Crippen LogP contribution < -0.4 is 0 Å². The van der Waals surface area contributed by atoms with E-state index in [0.29, 0.717) is 6.42 Å². The monoisotopic (exact) mass is 370 g/mol. The van der Waals surface area contributed by atoms with Crippen LogP contribution in [0.2, 0.25) is 19.6 Å². The molecule has 6 atom stereocenters. The highest BCUT2D eigenvalue weighted by molar-refractivity contribution is 6.83. The maximum Gasteiger partial charge on any atom is 0.190 e.